The van der Waals surface area contributed by atoms with Gasteiger partial charge in [-0.05, 0) is 44.4 Å². The molecule has 1 aromatic carbocycles. The van der Waals surface area contributed by atoms with Crippen LogP contribution in [0.4, 0.5) is 18.0 Å². The molecule has 5 atom stereocenters. The second-order valence-electron chi connectivity index (χ2n) is 10.4. The van der Waals surface area contributed by atoms with Gasteiger partial charge in [-0.15, -0.1) is 0 Å². The number of nitrogens with one attached hydrogen (secondary N) is 2. The molecule has 42 heavy (non-hydrogen) atoms. The van der Waals surface area contributed by atoms with E-state index in [1.165, 1.54) is 30.2 Å². The Labute approximate surface area is 239 Å². The fraction of sp³-hybridized carbons (Fsp3) is 0.464. The van der Waals surface area contributed by atoms with Crippen LogP contribution in [-0.2, 0) is 14.3 Å². The van der Waals surface area contributed by atoms with E-state index in [9.17, 15) is 37.5 Å². The molecule has 14 heteroatoms. The number of likely N-dealkylation sites (tertiary alicyclic amines) is 1. The lowest BCUT2D eigenvalue weighted by Crippen LogP contribution is -2.60. The minimum Gasteiger partial charge on any atom is -0.482 e. The molecule has 11 nitrogen and oxygen atoms in total. The van der Waals surface area contributed by atoms with Crippen LogP contribution in [-0.4, -0.2) is 76.3 Å². The predicted molar refractivity (Wildman–Crippen MR) is 141 cm³/mol. The van der Waals surface area contributed by atoms with Crippen LogP contribution < -0.4 is 15.4 Å². The second-order valence-corrected chi connectivity index (χ2v) is 10.4. The summed E-state index contributed by atoms with van der Waals surface area (Å²) >= 11 is 0. The lowest BCUT2D eigenvalue weighted by Gasteiger charge is -2.42. The van der Waals surface area contributed by atoms with Crippen molar-refractivity contribution in [3.63, 3.8) is 0 Å². The van der Waals surface area contributed by atoms with Crippen molar-refractivity contribution in [3.05, 3.63) is 59.4 Å². The maximum atomic E-state index is 13.1. The molecule has 0 radical (unpaired) electrons. The molecule has 4 rings (SSSR count). The van der Waals surface area contributed by atoms with Gasteiger partial charge in [0.25, 0.3) is 5.91 Å². The predicted octanol–water partition coefficient (Wildman–Crippen LogP) is 3.38. The van der Waals surface area contributed by atoms with Gasteiger partial charge in [0.15, 0.2) is 0 Å². The Bertz CT molecular complexity index is 1300. The van der Waals surface area contributed by atoms with E-state index in [1.807, 2.05) is 12.2 Å². The number of carbonyl (C=O) groups excluding carboxylic acids is 3. The molecule has 3 N–H and O–H groups in total. The summed E-state index contributed by atoms with van der Waals surface area (Å²) in [5, 5.41) is 14.5. The van der Waals surface area contributed by atoms with Gasteiger partial charge in [-0.2, -0.15) is 13.2 Å². The van der Waals surface area contributed by atoms with Crippen molar-refractivity contribution in [3.8, 4) is 5.75 Å². The highest BCUT2D eigenvalue weighted by molar-refractivity contribution is 5.92. The minimum absolute atomic E-state index is 0.00222. The first-order valence-corrected chi connectivity index (χ1v) is 13.4. The molecule has 0 saturated carbocycles. The van der Waals surface area contributed by atoms with Crippen molar-refractivity contribution in [1.82, 2.24) is 20.5 Å². The van der Waals surface area contributed by atoms with Crippen molar-refractivity contribution in [1.29, 1.82) is 0 Å². The number of benzene rings is 1. The standard InChI is InChI=1S/C28H31F3N4O7/c1-15-5-7-17(8-6-15)24(16(2)33-26(38)28(29,30)31)42-19-9-10-21(32-13-19)25(37)34-20-4-3-11-35(27(39)40)23(20)18-12-22(36)41-14-18/h5-10,13,16,18,20,23-24H,3-4,11-12,14H2,1-2H3,(H,33,38)(H,34,37)(H,39,40)/t16-,18+,20-,23?,24-/m0/s1. The number of halogens is 3. The molecular weight excluding hydrogens is 561 g/mol. The molecular formula is C28H31F3N4O7. The van der Waals surface area contributed by atoms with Crippen LogP contribution in [0.2, 0.25) is 0 Å². The number of piperidine rings is 1. The van der Waals surface area contributed by atoms with Crippen LogP contribution in [0.15, 0.2) is 42.6 Å². The zero-order valence-electron chi connectivity index (χ0n) is 22.9. The van der Waals surface area contributed by atoms with Crippen molar-refractivity contribution in [2.75, 3.05) is 13.2 Å². The molecule has 0 aliphatic carbocycles. The third kappa shape index (κ3) is 7.28. The number of ether oxygens (including phenoxy) is 2. The van der Waals surface area contributed by atoms with Crippen LogP contribution in [0.1, 0.15) is 53.9 Å². The van der Waals surface area contributed by atoms with Gasteiger partial charge in [0.2, 0.25) is 0 Å². The van der Waals surface area contributed by atoms with E-state index < -0.39 is 60.2 Å². The zero-order valence-corrected chi connectivity index (χ0v) is 22.9. The summed E-state index contributed by atoms with van der Waals surface area (Å²) < 4.78 is 49.6. The fourth-order valence-electron chi connectivity index (χ4n) is 5.29. The zero-order chi connectivity index (χ0) is 30.6. The number of carboxylic acid groups (broad SMARTS) is 1. The van der Waals surface area contributed by atoms with Crippen molar-refractivity contribution >= 4 is 23.9 Å². The Kier molecular flexibility index (Phi) is 9.22. The third-order valence-corrected chi connectivity index (χ3v) is 7.33. The van der Waals surface area contributed by atoms with Gasteiger partial charge in [0.05, 0.1) is 37.4 Å². The van der Waals surface area contributed by atoms with Crippen molar-refractivity contribution < 1.29 is 46.9 Å². The lowest BCUT2D eigenvalue weighted by atomic mass is 9.85. The summed E-state index contributed by atoms with van der Waals surface area (Å²) in [7, 11) is 0. The number of amides is 3. The van der Waals surface area contributed by atoms with E-state index in [0.29, 0.717) is 18.4 Å². The van der Waals surface area contributed by atoms with E-state index in [4.69, 9.17) is 9.47 Å². The van der Waals surface area contributed by atoms with E-state index >= 15 is 0 Å². The number of pyridine rings is 1. The third-order valence-electron chi connectivity index (χ3n) is 7.33. The number of aryl methyl sites for hydroxylation is 1. The Morgan fingerprint density at radius 1 is 1.17 bits per heavy atom. The first-order valence-electron chi connectivity index (χ1n) is 13.4. The summed E-state index contributed by atoms with van der Waals surface area (Å²) in [5.74, 6) is -3.36. The Morgan fingerprint density at radius 2 is 1.88 bits per heavy atom. The number of aromatic nitrogens is 1. The molecule has 0 spiro atoms. The quantitative estimate of drug-likeness (QED) is 0.396. The molecule has 1 unspecified atom stereocenters. The Hall–Kier alpha value is -4.36. The maximum absolute atomic E-state index is 13.1. The van der Waals surface area contributed by atoms with Gasteiger partial charge < -0.3 is 30.1 Å². The number of hydrogen-bond acceptors (Lipinski definition) is 7. The van der Waals surface area contributed by atoms with E-state index in [-0.39, 0.29) is 31.0 Å². The van der Waals surface area contributed by atoms with E-state index in [2.05, 4.69) is 10.3 Å². The van der Waals surface area contributed by atoms with Crippen LogP contribution in [0.3, 0.4) is 0 Å². The maximum Gasteiger partial charge on any atom is 0.471 e. The topological polar surface area (TPSA) is 147 Å². The molecule has 0 bridgehead atoms. The molecule has 2 aliphatic heterocycles. The first kappa shape index (κ1) is 30.6. The van der Waals surface area contributed by atoms with Gasteiger partial charge in [-0.25, -0.2) is 9.78 Å². The average molecular weight is 593 g/mol. The number of hydrogen-bond donors (Lipinski definition) is 3. The van der Waals surface area contributed by atoms with Crippen LogP contribution >= 0.6 is 0 Å². The monoisotopic (exact) mass is 592 g/mol. The van der Waals surface area contributed by atoms with Gasteiger partial charge in [-0.1, -0.05) is 29.8 Å². The van der Waals surface area contributed by atoms with Gasteiger partial charge >= 0.3 is 24.1 Å². The number of cyclic esters (lactones) is 1. The van der Waals surface area contributed by atoms with E-state index in [1.54, 1.807) is 24.3 Å². The molecule has 2 aliphatic rings. The molecule has 2 aromatic rings. The highest BCUT2D eigenvalue weighted by Gasteiger charge is 2.44. The second kappa shape index (κ2) is 12.7. The molecule has 1 aromatic heterocycles. The van der Waals surface area contributed by atoms with Gasteiger partial charge in [0.1, 0.15) is 17.5 Å². The Morgan fingerprint density at radius 3 is 2.45 bits per heavy atom. The van der Waals surface area contributed by atoms with Crippen LogP contribution in [0.5, 0.6) is 5.75 Å². The van der Waals surface area contributed by atoms with Crippen LogP contribution in [0, 0.1) is 12.8 Å². The smallest absolute Gasteiger partial charge is 0.471 e. The molecule has 2 saturated heterocycles. The normalized spacial score (nSPS) is 22.1. The highest BCUT2D eigenvalue weighted by Crippen LogP contribution is 2.31. The largest absolute Gasteiger partial charge is 0.482 e. The molecule has 3 amide bonds. The van der Waals surface area contributed by atoms with E-state index in [0.717, 1.165) is 5.56 Å². The summed E-state index contributed by atoms with van der Waals surface area (Å²) in [6.07, 6.45) is -4.94. The van der Waals surface area contributed by atoms with Gasteiger partial charge in [-0.3, -0.25) is 14.4 Å². The van der Waals surface area contributed by atoms with Gasteiger partial charge in [0, 0.05) is 12.5 Å². The lowest BCUT2D eigenvalue weighted by molar-refractivity contribution is -0.174. The molecule has 226 valence electrons. The summed E-state index contributed by atoms with van der Waals surface area (Å²) in [6.45, 7) is 3.56. The number of esters is 1. The SMILES string of the molecule is Cc1ccc([C@@H](Oc2ccc(C(=O)N[C@H]3CCCN(C(=O)O)C3[C@H]3COC(=O)C3)nc2)[C@H](C)NC(=O)C(F)(F)F)cc1. The highest BCUT2D eigenvalue weighted by atomic mass is 19.4. The van der Waals surface area contributed by atoms with Crippen molar-refractivity contribution in [2.45, 2.75) is 63.5 Å². The molecule has 2 fully saturated rings. The first-order chi connectivity index (χ1) is 19.8. The average Bonchev–Trinajstić information content (AvgIpc) is 3.37. The number of rotatable bonds is 8. The Balaban J connectivity index is 1.48. The van der Waals surface area contributed by atoms with Crippen LogP contribution in [0.25, 0.3) is 0 Å². The fourth-order valence-corrected chi connectivity index (χ4v) is 5.29. The van der Waals surface area contributed by atoms with Crippen molar-refractivity contribution in [2.24, 2.45) is 5.92 Å². The summed E-state index contributed by atoms with van der Waals surface area (Å²) in [4.78, 5) is 53.6. The summed E-state index contributed by atoms with van der Waals surface area (Å²) in [6, 6.07) is 7.33. The molecule has 3 heterocycles. The number of alkyl halides is 3. The summed E-state index contributed by atoms with van der Waals surface area (Å²) in [5.41, 5.74) is 1.43. The number of nitrogens with zero attached hydrogens (tertiary/aromatic N) is 2. The number of carbonyl (C=O) groups is 4. The minimum atomic E-state index is -5.07.